The molecule has 0 saturated heterocycles. The minimum absolute atomic E-state index is 0.0118. The Morgan fingerprint density at radius 3 is 2.53 bits per heavy atom. The second kappa shape index (κ2) is 5.61. The number of amides is 1. The van der Waals surface area contributed by atoms with Crippen molar-refractivity contribution in [2.75, 3.05) is 7.05 Å². The van der Waals surface area contributed by atoms with E-state index < -0.39 is 11.6 Å². The van der Waals surface area contributed by atoms with Crippen molar-refractivity contribution in [3.63, 3.8) is 0 Å². The predicted octanol–water partition coefficient (Wildman–Crippen LogP) is 2.92. The van der Waals surface area contributed by atoms with E-state index >= 15 is 0 Å². The molecule has 2 aromatic carbocycles. The fourth-order valence-corrected chi connectivity index (χ4v) is 1.91. The monoisotopic (exact) mass is 261 g/mol. The maximum atomic E-state index is 13.8. The molecule has 0 spiro atoms. The lowest BCUT2D eigenvalue weighted by molar-refractivity contribution is -0.119. The lowest BCUT2D eigenvalue weighted by atomic mass is 9.97. The Hall–Kier alpha value is -2.23. The van der Waals surface area contributed by atoms with Crippen LogP contribution in [0, 0.1) is 11.6 Å². The minimum atomic E-state index is -0.445. The zero-order valence-corrected chi connectivity index (χ0v) is 10.4. The van der Waals surface area contributed by atoms with Crippen LogP contribution in [-0.2, 0) is 11.2 Å². The van der Waals surface area contributed by atoms with E-state index in [2.05, 4.69) is 5.32 Å². The molecule has 0 bridgehead atoms. The summed E-state index contributed by atoms with van der Waals surface area (Å²) in [5, 5.41) is 2.47. The summed E-state index contributed by atoms with van der Waals surface area (Å²) in [5.74, 6) is -1.09. The van der Waals surface area contributed by atoms with Crippen LogP contribution in [0.25, 0.3) is 11.1 Å². The Bertz CT molecular complexity index is 611. The number of hydrogen-bond donors (Lipinski definition) is 1. The van der Waals surface area contributed by atoms with E-state index in [1.165, 1.54) is 31.3 Å². The summed E-state index contributed by atoms with van der Waals surface area (Å²) in [6, 6.07) is 10.2. The van der Waals surface area contributed by atoms with Crippen LogP contribution in [0.4, 0.5) is 8.78 Å². The van der Waals surface area contributed by atoms with E-state index in [1.54, 1.807) is 18.2 Å². The number of carbonyl (C=O) groups is 1. The van der Waals surface area contributed by atoms with Gasteiger partial charge >= 0.3 is 0 Å². The predicted molar refractivity (Wildman–Crippen MR) is 69.6 cm³/mol. The number of benzene rings is 2. The topological polar surface area (TPSA) is 29.1 Å². The van der Waals surface area contributed by atoms with Gasteiger partial charge in [-0.3, -0.25) is 4.79 Å². The summed E-state index contributed by atoms with van der Waals surface area (Å²) >= 11 is 0. The molecule has 0 aliphatic rings. The second-order valence-corrected chi connectivity index (χ2v) is 4.13. The molecule has 0 aliphatic carbocycles. The molecule has 1 N–H and O–H groups in total. The molecule has 98 valence electrons. The summed E-state index contributed by atoms with van der Waals surface area (Å²) in [6.45, 7) is 0. The fourth-order valence-electron chi connectivity index (χ4n) is 1.91. The van der Waals surface area contributed by atoms with Crippen LogP contribution in [0.1, 0.15) is 5.56 Å². The van der Waals surface area contributed by atoms with Crippen molar-refractivity contribution in [3.05, 3.63) is 59.7 Å². The number of halogens is 2. The summed E-state index contributed by atoms with van der Waals surface area (Å²) in [7, 11) is 1.50. The van der Waals surface area contributed by atoms with E-state index in [9.17, 15) is 13.6 Å². The van der Waals surface area contributed by atoms with Crippen molar-refractivity contribution in [3.8, 4) is 11.1 Å². The summed E-state index contributed by atoms with van der Waals surface area (Å²) in [4.78, 5) is 11.4. The molecule has 0 fully saturated rings. The number of likely N-dealkylation sites (N-methyl/N-ethyl adjacent to an activating group) is 1. The lowest BCUT2D eigenvalue weighted by Crippen LogP contribution is -2.20. The van der Waals surface area contributed by atoms with Crippen molar-refractivity contribution in [1.29, 1.82) is 0 Å². The number of hydrogen-bond acceptors (Lipinski definition) is 1. The van der Waals surface area contributed by atoms with Gasteiger partial charge in [-0.1, -0.05) is 24.3 Å². The van der Waals surface area contributed by atoms with Crippen LogP contribution in [0.3, 0.4) is 0 Å². The van der Waals surface area contributed by atoms with Gasteiger partial charge in [0, 0.05) is 12.6 Å². The fraction of sp³-hybridized carbons (Fsp3) is 0.133. The Morgan fingerprint density at radius 1 is 1.11 bits per heavy atom. The highest BCUT2D eigenvalue weighted by molar-refractivity contribution is 5.81. The quantitative estimate of drug-likeness (QED) is 0.904. The average molecular weight is 261 g/mol. The van der Waals surface area contributed by atoms with Crippen molar-refractivity contribution < 1.29 is 13.6 Å². The van der Waals surface area contributed by atoms with Gasteiger partial charge in [-0.15, -0.1) is 0 Å². The van der Waals surface area contributed by atoms with E-state index in [0.717, 1.165) is 0 Å². The maximum absolute atomic E-state index is 13.8. The molecule has 0 atom stereocenters. The van der Waals surface area contributed by atoms with Gasteiger partial charge in [0.2, 0.25) is 5.91 Å². The van der Waals surface area contributed by atoms with Crippen LogP contribution >= 0.6 is 0 Å². The highest BCUT2D eigenvalue weighted by Gasteiger charge is 2.12. The maximum Gasteiger partial charge on any atom is 0.224 e. The van der Waals surface area contributed by atoms with Gasteiger partial charge in [0.25, 0.3) is 0 Å². The zero-order valence-electron chi connectivity index (χ0n) is 10.4. The number of nitrogens with one attached hydrogen (secondary N) is 1. The molecule has 0 aromatic heterocycles. The largest absolute Gasteiger partial charge is 0.359 e. The lowest BCUT2D eigenvalue weighted by Gasteiger charge is -2.10. The molecule has 4 heteroatoms. The Kier molecular flexibility index (Phi) is 3.90. The first-order valence-electron chi connectivity index (χ1n) is 5.85. The summed E-state index contributed by atoms with van der Waals surface area (Å²) in [6.07, 6.45) is 0.0118. The van der Waals surface area contributed by atoms with Crippen molar-refractivity contribution in [1.82, 2.24) is 5.32 Å². The van der Waals surface area contributed by atoms with Gasteiger partial charge < -0.3 is 5.32 Å². The molecule has 2 aromatic rings. The molecule has 1 amide bonds. The van der Waals surface area contributed by atoms with Crippen LogP contribution < -0.4 is 5.32 Å². The Morgan fingerprint density at radius 2 is 1.84 bits per heavy atom. The third-order valence-corrected chi connectivity index (χ3v) is 2.86. The first kappa shape index (κ1) is 13.2. The molecule has 0 heterocycles. The van der Waals surface area contributed by atoms with Gasteiger partial charge in [-0.25, -0.2) is 8.78 Å². The molecular weight excluding hydrogens is 248 g/mol. The van der Waals surface area contributed by atoms with Gasteiger partial charge in [0.05, 0.1) is 6.42 Å². The Labute approximate surface area is 110 Å². The summed E-state index contributed by atoms with van der Waals surface area (Å²) in [5.41, 5.74) is 1.36. The second-order valence-electron chi connectivity index (χ2n) is 4.13. The third-order valence-electron chi connectivity index (χ3n) is 2.86. The van der Waals surface area contributed by atoms with E-state index in [-0.39, 0.29) is 12.3 Å². The molecule has 2 rings (SSSR count). The van der Waals surface area contributed by atoms with E-state index in [0.29, 0.717) is 16.7 Å². The first-order chi connectivity index (χ1) is 9.11. The van der Waals surface area contributed by atoms with Crippen LogP contribution in [0.5, 0.6) is 0 Å². The van der Waals surface area contributed by atoms with Crippen molar-refractivity contribution in [2.45, 2.75) is 6.42 Å². The van der Waals surface area contributed by atoms with Gasteiger partial charge in [0.1, 0.15) is 11.6 Å². The highest BCUT2D eigenvalue weighted by atomic mass is 19.1. The average Bonchev–Trinajstić information content (AvgIpc) is 2.40. The van der Waals surface area contributed by atoms with Crippen LogP contribution in [0.2, 0.25) is 0 Å². The third kappa shape index (κ3) is 2.96. The normalized spacial score (nSPS) is 10.3. The van der Waals surface area contributed by atoms with Crippen molar-refractivity contribution >= 4 is 5.91 Å². The molecule has 0 unspecified atom stereocenters. The van der Waals surface area contributed by atoms with Gasteiger partial charge in [-0.05, 0) is 29.3 Å². The molecule has 0 saturated carbocycles. The molecular formula is C15H13F2NO. The SMILES string of the molecule is CNC(=O)Cc1cc(F)ccc1-c1ccccc1F. The van der Waals surface area contributed by atoms with Crippen LogP contribution in [-0.4, -0.2) is 13.0 Å². The van der Waals surface area contributed by atoms with Crippen LogP contribution in [0.15, 0.2) is 42.5 Å². The van der Waals surface area contributed by atoms with E-state index in [1.807, 2.05) is 0 Å². The first-order valence-corrected chi connectivity index (χ1v) is 5.85. The highest BCUT2D eigenvalue weighted by Crippen LogP contribution is 2.27. The minimum Gasteiger partial charge on any atom is -0.359 e. The molecule has 0 radical (unpaired) electrons. The molecule has 19 heavy (non-hydrogen) atoms. The number of carbonyl (C=O) groups excluding carboxylic acids is 1. The Balaban J connectivity index is 2.51. The zero-order chi connectivity index (χ0) is 13.8. The van der Waals surface area contributed by atoms with E-state index in [4.69, 9.17) is 0 Å². The van der Waals surface area contributed by atoms with Gasteiger partial charge in [-0.2, -0.15) is 0 Å². The van der Waals surface area contributed by atoms with Crippen molar-refractivity contribution in [2.24, 2.45) is 0 Å². The molecule has 2 nitrogen and oxygen atoms in total. The standard InChI is InChI=1S/C15H13F2NO/c1-18-15(19)9-10-8-11(16)6-7-12(10)13-4-2-3-5-14(13)17/h2-8H,9H2,1H3,(H,18,19). The van der Waals surface area contributed by atoms with Gasteiger partial charge in [0.15, 0.2) is 0 Å². The summed E-state index contributed by atoms with van der Waals surface area (Å²) < 4.78 is 27.1. The number of rotatable bonds is 3. The molecule has 0 aliphatic heterocycles. The smallest absolute Gasteiger partial charge is 0.224 e.